The van der Waals surface area contributed by atoms with Gasteiger partial charge in [-0.2, -0.15) is 0 Å². The van der Waals surface area contributed by atoms with Gasteiger partial charge in [0.25, 0.3) is 0 Å². The number of hydrogen-bond donors (Lipinski definition) is 0. The van der Waals surface area contributed by atoms with Gasteiger partial charge in [-0.15, -0.1) is 0 Å². The van der Waals surface area contributed by atoms with Crippen LogP contribution in [0.5, 0.6) is 0 Å². The Hall–Kier alpha value is 1.30. The van der Waals surface area contributed by atoms with Gasteiger partial charge in [0.2, 0.25) is 0 Å². The Balaban J connectivity index is 2.53. The fourth-order valence-corrected chi connectivity index (χ4v) is 121. The highest BCUT2D eigenvalue weighted by molar-refractivity contribution is 7.57. The molecule has 0 aromatic carbocycles. The summed E-state index contributed by atoms with van der Waals surface area (Å²) in [4.78, 5) is 0. The molecule has 0 unspecified atom stereocenters. The highest BCUT2D eigenvalue weighted by Gasteiger charge is 1.87. The van der Waals surface area contributed by atoms with E-state index >= 15 is 0 Å². The first-order valence-electron chi connectivity index (χ1n) is 3.69. The molecular formula is C2H17Si6. The summed E-state index contributed by atoms with van der Waals surface area (Å²) in [5.74, 6) is 0. The molecule has 0 aliphatic rings. The van der Waals surface area contributed by atoms with E-state index in [2.05, 4.69) is 13.0 Å². The second kappa shape index (κ2) is 8.30. The second-order valence-electron chi connectivity index (χ2n) is 2.26. The first-order valence-corrected chi connectivity index (χ1v) is 26.2. The smallest absolute Gasteiger partial charge is 0.00805 e. The molecule has 0 aromatic heterocycles. The highest BCUT2D eigenvalue weighted by atomic mass is 29.9. The molecule has 0 atom stereocenters. The standard InChI is InChI=1S/C2H17Si6/c1-2-4-6-8-7-5-3/h2H,4-8H2,1,3H3. The van der Waals surface area contributed by atoms with E-state index in [4.69, 9.17) is 0 Å². The van der Waals surface area contributed by atoms with Gasteiger partial charge in [0.1, 0.15) is 0 Å². The van der Waals surface area contributed by atoms with Gasteiger partial charge < -0.3 is 0 Å². The number of hydrogen-bond acceptors (Lipinski definition) is 0. The van der Waals surface area contributed by atoms with Gasteiger partial charge >= 0.3 is 0 Å². The fraction of sp³-hybridized carbons (Fsp3) is 0.500. The maximum Gasteiger partial charge on any atom is 0.00805 e. The zero-order valence-electron chi connectivity index (χ0n) is 6.11. The molecule has 0 bridgehead atoms. The lowest BCUT2D eigenvalue weighted by Crippen LogP contribution is -2.23. The minimum Gasteiger partial charge on any atom is -0.0658 e. The van der Waals surface area contributed by atoms with Crippen molar-refractivity contribution in [2.75, 3.05) is 0 Å². The predicted molar refractivity (Wildman–Crippen MR) is 62.6 cm³/mol. The summed E-state index contributed by atoms with van der Waals surface area (Å²) < 4.78 is 0. The van der Waals surface area contributed by atoms with Crippen molar-refractivity contribution in [2.45, 2.75) is 6.92 Å². The van der Waals surface area contributed by atoms with Crippen molar-refractivity contribution >= 4 is 53.0 Å². The van der Waals surface area contributed by atoms with Crippen LogP contribution in [-0.2, 0) is 0 Å². The molecule has 0 nitrogen and oxygen atoms in total. The van der Waals surface area contributed by atoms with Gasteiger partial charge in [-0.3, -0.25) is 0 Å². The van der Waals surface area contributed by atoms with Crippen LogP contribution in [0.4, 0.5) is 0 Å². The first kappa shape index (κ1) is 9.30. The molecule has 49 valence electrons. The largest absolute Gasteiger partial charge is 0.0658 e. The number of rotatable bonds is 5. The Kier molecular flexibility index (Phi) is 9.65. The molecule has 1 radical (unpaired) electrons. The maximum atomic E-state index is 2.53. The molecule has 0 fully saturated rings. The molecule has 0 aromatic rings. The summed E-state index contributed by atoms with van der Waals surface area (Å²) in [6, 6.07) is 2.53. The van der Waals surface area contributed by atoms with Crippen molar-refractivity contribution in [1.82, 2.24) is 0 Å². The second-order valence-corrected chi connectivity index (χ2v) is 46.0. The van der Waals surface area contributed by atoms with Gasteiger partial charge in [0.05, 0.1) is 0 Å². The van der Waals surface area contributed by atoms with Crippen molar-refractivity contribution in [3.63, 3.8) is 0 Å². The summed E-state index contributed by atoms with van der Waals surface area (Å²) in [7, 11) is 5.35. The van der Waals surface area contributed by atoms with E-state index in [-0.39, 0.29) is 0 Å². The molecule has 0 aliphatic heterocycles. The van der Waals surface area contributed by atoms with Gasteiger partial charge in [-0.25, -0.2) is 0 Å². The Morgan fingerprint density at radius 1 is 1.25 bits per heavy atom. The molecule has 0 amide bonds. The molecule has 6 heteroatoms. The first-order chi connectivity index (χ1) is 3.91. The molecule has 0 saturated carbocycles. The van der Waals surface area contributed by atoms with Crippen LogP contribution in [0.15, 0.2) is 0 Å². The third-order valence-corrected chi connectivity index (χ3v) is 77.2. The zero-order chi connectivity index (χ0) is 6.24. The Bertz CT molecular complexity index is 31.5. The highest BCUT2D eigenvalue weighted by Crippen LogP contribution is 1.62. The van der Waals surface area contributed by atoms with Crippen molar-refractivity contribution < 1.29 is 0 Å². The Morgan fingerprint density at radius 3 is 2.50 bits per heavy atom. The van der Waals surface area contributed by atoms with Crippen molar-refractivity contribution in [1.29, 1.82) is 0 Å². The summed E-state index contributed by atoms with van der Waals surface area (Å²) in [5.41, 5.74) is 0. The summed E-state index contributed by atoms with van der Waals surface area (Å²) in [6.45, 7) is 2.29. The van der Waals surface area contributed by atoms with Crippen molar-refractivity contribution in [3.05, 3.63) is 6.04 Å². The topological polar surface area (TPSA) is 0 Å². The monoisotopic (exact) mass is 209 g/mol. The quantitative estimate of drug-likeness (QED) is 0.314. The third-order valence-electron chi connectivity index (χ3n) is 1.35. The van der Waals surface area contributed by atoms with E-state index in [1.807, 2.05) is 0 Å². The molecular weight excluding hydrogens is 193 g/mol. The zero-order valence-corrected chi connectivity index (χ0v) is 15.2. The van der Waals surface area contributed by atoms with Crippen LogP contribution in [0.2, 0.25) is 0 Å². The molecule has 0 rings (SSSR count). The minimum absolute atomic E-state index is 0.549. The van der Waals surface area contributed by atoms with Gasteiger partial charge in [0, 0.05) is 9.04 Å². The van der Waals surface area contributed by atoms with Crippen LogP contribution in [0.3, 0.4) is 0 Å². The Morgan fingerprint density at radius 2 is 2.00 bits per heavy atom. The minimum atomic E-state index is 0.549. The maximum absolute atomic E-state index is 2.53. The van der Waals surface area contributed by atoms with E-state index in [1.54, 1.807) is 9.76 Å². The van der Waals surface area contributed by atoms with E-state index in [9.17, 15) is 0 Å². The van der Waals surface area contributed by atoms with Crippen LogP contribution in [0.25, 0.3) is 0 Å². The molecule has 8 heavy (non-hydrogen) atoms. The SMILES string of the molecule is C[CH][SiH2][SiH2][SiH2][SiH2][SiH2][SiH3]. The van der Waals surface area contributed by atoms with Crippen LogP contribution in [0, 0.1) is 6.04 Å². The summed E-state index contributed by atoms with van der Waals surface area (Å²) in [6.07, 6.45) is 0. The molecule has 0 N–H and O–H groups in total. The lowest BCUT2D eigenvalue weighted by atomic mass is 11.0. The van der Waals surface area contributed by atoms with Crippen LogP contribution >= 0.6 is 0 Å². The normalized spacial score (nSPS) is 17.6. The van der Waals surface area contributed by atoms with Gasteiger partial charge in [-0.1, -0.05) is 13.0 Å². The van der Waals surface area contributed by atoms with Crippen LogP contribution < -0.4 is 0 Å². The molecule has 0 heterocycles. The lowest BCUT2D eigenvalue weighted by molar-refractivity contribution is 1.71. The molecule has 0 spiro atoms. The average molecular weight is 210 g/mol. The average Bonchev–Trinajstić information content (AvgIpc) is 1.81. The predicted octanol–water partition coefficient (Wildman–Crippen LogP) is -5.05. The van der Waals surface area contributed by atoms with E-state index in [1.165, 1.54) is 0 Å². The van der Waals surface area contributed by atoms with E-state index < -0.39 is 0 Å². The fourth-order valence-electron chi connectivity index (χ4n) is 0.775. The van der Waals surface area contributed by atoms with E-state index in [0.717, 1.165) is 34.2 Å². The van der Waals surface area contributed by atoms with E-state index in [0.29, 0.717) is 9.04 Å². The third kappa shape index (κ3) is 7.30. The molecule has 0 saturated heterocycles. The van der Waals surface area contributed by atoms with Gasteiger partial charge in [-0.05, 0) is 44.0 Å². The van der Waals surface area contributed by atoms with Crippen molar-refractivity contribution in [3.8, 4) is 0 Å². The van der Waals surface area contributed by atoms with Crippen LogP contribution in [0.1, 0.15) is 6.92 Å². The summed E-state index contributed by atoms with van der Waals surface area (Å²) in [5, 5.41) is 0. The lowest BCUT2D eigenvalue weighted by Gasteiger charge is -1.89. The Labute approximate surface area is 66.1 Å². The van der Waals surface area contributed by atoms with Crippen molar-refractivity contribution in [2.24, 2.45) is 0 Å². The summed E-state index contributed by atoms with van der Waals surface area (Å²) >= 11 is 0. The van der Waals surface area contributed by atoms with Gasteiger partial charge in [0.15, 0.2) is 0 Å². The van der Waals surface area contributed by atoms with Crippen LogP contribution in [-0.4, -0.2) is 53.0 Å². The molecule has 0 aliphatic carbocycles.